The summed E-state index contributed by atoms with van der Waals surface area (Å²) >= 11 is 0. The molecule has 2 N–H and O–H groups in total. The van der Waals surface area contributed by atoms with E-state index in [1.165, 1.54) is 24.4 Å². The highest BCUT2D eigenvalue weighted by Gasteiger charge is 2.18. The zero-order valence-electron chi connectivity index (χ0n) is 11.4. The molecule has 1 unspecified atom stereocenters. The lowest BCUT2D eigenvalue weighted by molar-refractivity contribution is 0.327. The van der Waals surface area contributed by atoms with Gasteiger partial charge in [-0.05, 0) is 39.0 Å². The van der Waals surface area contributed by atoms with Gasteiger partial charge in [-0.2, -0.15) is 4.40 Å². The summed E-state index contributed by atoms with van der Waals surface area (Å²) < 4.78 is 33.9. The van der Waals surface area contributed by atoms with Crippen molar-refractivity contribution in [3.8, 4) is 5.75 Å². The van der Waals surface area contributed by atoms with Crippen LogP contribution < -0.4 is 10.5 Å². The predicted molar refractivity (Wildman–Crippen MR) is 76.4 cm³/mol. The van der Waals surface area contributed by atoms with Crippen LogP contribution in [-0.2, 0) is 11.0 Å². The lowest BCUT2D eigenvalue weighted by Crippen LogP contribution is -2.19. The van der Waals surface area contributed by atoms with Gasteiger partial charge in [0.15, 0.2) is 0 Å². The fraction of sp³-hybridized carbons (Fsp3) is 0.462. The second-order valence-electron chi connectivity index (χ2n) is 4.92. The maximum Gasteiger partial charge on any atom is 0.144 e. The molecule has 19 heavy (non-hydrogen) atoms. The van der Waals surface area contributed by atoms with E-state index in [-0.39, 0.29) is 0 Å². The molecular weight excluding hydrogens is 267 g/mol. The number of hydrogen-bond acceptors (Lipinski definition) is 3. The Hall–Kier alpha value is -1.27. The quantitative estimate of drug-likeness (QED) is 0.842. The zero-order chi connectivity index (χ0) is 14.5. The first-order chi connectivity index (χ1) is 8.84. The molecule has 0 saturated heterocycles. The van der Waals surface area contributed by atoms with E-state index in [2.05, 4.69) is 4.40 Å². The fourth-order valence-electron chi connectivity index (χ4n) is 1.18. The lowest BCUT2D eigenvalue weighted by atomic mass is 10.2. The number of nitrogens with two attached hydrogens (primary N) is 1. The van der Waals surface area contributed by atoms with Crippen molar-refractivity contribution < 1.29 is 13.3 Å². The Kier molecular flexibility index (Phi) is 5.62. The third-order valence-corrected chi connectivity index (χ3v) is 3.50. The van der Waals surface area contributed by atoms with Crippen molar-refractivity contribution in [1.82, 2.24) is 0 Å². The highest BCUT2D eigenvalue weighted by atomic mass is 32.2. The van der Waals surface area contributed by atoms with Gasteiger partial charge in [-0.1, -0.05) is 0 Å². The maximum atomic E-state index is 13.2. The minimum absolute atomic E-state index is 0.328. The molecule has 0 aliphatic carbocycles. The molecule has 0 aromatic heterocycles. The van der Waals surface area contributed by atoms with Crippen LogP contribution in [0.4, 0.5) is 4.39 Å². The number of nitrogens with zero attached hydrogens (tertiary/aromatic N) is 1. The molecule has 0 spiro atoms. The van der Waals surface area contributed by atoms with Crippen molar-refractivity contribution in [3.63, 3.8) is 0 Å². The first-order valence-electron chi connectivity index (χ1n) is 5.93. The zero-order valence-corrected chi connectivity index (χ0v) is 12.2. The number of rotatable bonds is 5. The van der Waals surface area contributed by atoms with Gasteiger partial charge in [-0.3, -0.25) is 0 Å². The molecule has 0 fully saturated rings. The summed E-state index contributed by atoms with van der Waals surface area (Å²) in [5.41, 5.74) is 5.80. The normalized spacial score (nSPS) is 13.7. The average molecular weight is 286 g/mol. The Morgan fingerprint density at radius 2 is 2.16 bits per heavy atom. The van der Waals surface area contributed by atoms with Crippen LogP contribution in [0.2, 0.25) is 0 Å². The molecule has 0 amide bonds. The maximum absolute atomic E-state index is 13.2. The van der Waals surface area contributed by atoms with Crippen molar-refractivity contribution in [2.75, 3.05) is 13.2 Å². The molecule has 0 bridgehead atoms. The van der Waals surface area contributed by atoms with E-state index >= 15 is 0 Å². The smallest absolute Gasteiger partial charge is 0.144 e. The van der Waals surface area contributed by atoms with Gasteiger partial charge < -0.3 is 10.5 Å². The molecule has 0 aliphatic heterocycles. The van der Waals surface area contributed by atoms with E-state index < -0.39 is 21.5 Å². The molecule has 106 valence electrons. The Balaban J connectivity index is 2.95. The highest BCUT2D eigenvalue weighted by molar-refractivity contribution is 7.85. The van der Waals surface area contributed by atoms with Crippen LogP contribution in [0.15, 0.2) is 22.6 Å². The van der Waals surface area contributed by atoms with Gasteiger partial charge >= 0.3 is 0 Å². The standard InChI is InChI=1S/C13H19FN2O2S/c1-13(2,3)19(17)16-9-10-8-11(14)4-5-12(10)18-7-6-15/h4-5,8-9H,6-7,15H2,1-3H3/b16-9+. The number of benzene rings is 1. The van der Waals surface area contributed by atoms with E-state index in [1.807, 2.05) is 20.8 Å². The Labute approximate surface area is 115 Å². The molecule has 1 aromatic carbocycles. The van der Waals surface area contributed by atoms with E-state index in [1.54, 1.807) is 0 Å². The Morgan fingerprint density at radius 1 is 1.47 bits per heavy atom. The van der Waals surface area contributed by atoms with Crippen LogP contribution in [-0.4, -0.2) is 28.3 Å². The molecule has 0 aliphatic rings. The second kappa shape index (κ2) is 6.77. The van der Waals surface area contributed by atoms with Crippen LogP contribution >= 0.6 is 0 Å². The van der Waals surface area contributed by atoms with E-state index in [9.17, 15) is 8.60 Å². The molecule has 0 heterocycles. The summed E-state index contributed by atoms with van der Waals surface area (Å²) in [6.45, 7) is 6.14. The van der Waals surface area contributed by atoms with Gasteiger partial charge in [0, 0.05) is 18.3 Å². The van der Waals surface area contributed by atoms with Crippen molar-refractivity contribution in [1.29, 1.82) is 0 Å². The molecule has 1 rings (SSSR count). The van der Waals surface area contributed by atoms with Gasteiger partial charge in [-0.25, -0.2) is 8.60 Å². The van der Waals surface area contributed by atoms with Crippen molar-refractivity contribution in [2.24, 2.45) is 10.1 Å². The third kappa shape index (κ3) is 5.08. The summed E-state index contributed by atoms with van der Waals surface area (Å²) in [6.07, 6.45) is 1.37. The molecule has 0 radical (unpaired) electrons. The van der Waals surface area contributed by atoms with Crippen LogP contribution in [0, 0.1) is 5.82 Å². The summed E-state index contributed by atoms with van der Waals surface area (Å²) in [5.74, 6) is 0.0737. The number of hydrogen-bond donors (Lipinski definition) is 1. The first-order valence-corrected chi connectivity index (χ1v) is 7.04. The Bertz CT molecular complexity index is 484. The summed E-state index contributed by atoms with van der Waals surface area (Å²) in [6, 6.07) is 4.09. The monoisotopic (exact) mass is 286 g/mol. The minimum atomic E-state index is -1.39. The third-order valence-electron chi connectivity index (χ3n) is 2.16. The summed E-state index contributed by atoms with van der Waals surface area (Å²) in [7, 11) is -1.39. The molecule has 1 atom stereocenters. The summed E-state index contributed by atoms with van der Waals surface area (Å²) in [4.78, 5) is 0. The first kappa shape index (κ1) is 15.8. The number of ether oxygens (including phenoxy) is 1. The predicted octanol–water partition coefficient (Wildman–Crippen LogP) is 2.04. The van der Waals surface area contributed by atoms with Gasteiger partial charge in [0.2, 0.25) is 0 Å². The van der Waals surface area contributed by atoms with Gasteiger partial charge in [-0.15, -0.1) is 0 Å². The van der Waals surface area contributed by atoms with Gasteiger partial charge in [0.25, 0.3) is 0 Å². The molecular formula is C13H19FN2O2S. The van der Waals surface area contributed by atoms with Crippen molar-refractivity contribution >= 4 is 17.2 Å². The van der Waals surface area contributed by atoms with Crippen molar-refractivity contribution in [2.45, 2.75) is 25.5 Å². The van der Waals surface area contributed by atoms with Gasteiger partial charge in [0.1, 0.15) is 29.2 Å². The molecule has 1 aromatic rings. The fourth-order valence-corrected chi connectivity index (χ4v) is 1.71. The summed E-state index contributed by atoms with van der Waals surface area (Å²) in [5, 5.41) is 0. The van der Waals surface area contributed by atoms with E-state index in [4.69, 9.17) is 10.5 Å². The molecule has 0 saturated carbocycles. The average Bonchev–Trinajstić information content (AvgIpc) is 2.33. The van der Waals surface area contributed by atoms with Crippen LogP contribution in [0.3, 0.4) is 0 Å². The van der Waals surface area contributed by atoms with E-state index in [0.29, 0.717) is 24.5 Å². The minimum Gasteiger partial charge on any atom is -0.492 e. The number of halogens is 1. The molecule has 6 heteroatoms. The van der Waals surface area contributed by atoms with Crippen molar-refractivity contribution in [3.05, 3.63) is 29.6 Å². The van der Waals surface area contributed by atoms with Gasteiger partial charge in [0.05, 0.1) is 4.75 Å². The van der Waals surface area contributed by atoms with Crippen LogP contribution in [0.1, 0.15) is 26.3 Å². The second-order valence-corrected chi connectivity index (χ2v) is 6.85. The van der Waals surface area contributed by atoms with E-state index in [0.717, 1.165) is 0 Å². The topological polar surface area (TPSA) is 64.7 Å². The molecule has 4 nitrogen and oxygen atoms in total. The van der Waals surface area contributed by atoms with Crippen LogP contribution in [0.5, 0.6) is 5.75 Å². The van der Waals surface area contributed by atoms with Crippen LogP contribution in [0.25, 0.3) is 0 Å². The largest absolute Gasteiger partial charge is 0.492 e. The highest BCUT2D eigenvalue weighted by Crippen LogP contribution is 2.19. The Morgan fingerprint density at radius 3 is 2.74 bits per heavy atom. The lowest BCUT2D eigenvalue weighted by Gasteiger charge is -2.13. The SMILES string of the molecule is CC(C)(C)S(=O)/N=C/c1cc(F)ccc1OCCN.